The molecule has 8 N–H and O–H groups in total. The van der Waals surface area contributed by atoms with Crippen LogP contribution in [0.1, 0.15) is 79.1 Å². The highest BCUT2D eigenvalue weighted by atomic mass is 16.8. The molecule has 4 aliphatic carbocycles. The van der Waals surface area contributed by atoms with Crippen LogP contribution in [0.3, 0.4) is 0 Å². The third kappa shape index (κ3) is 5.87. The van der Waals surface area contributed by atoms with E-state index >= 15 is 0 Å². The molecule has 8 fully saturated rings. The molecule has 14 nitrogen and oxygen atoms in total. The molecule has 23 unspecified atom stereocenters. The maximum Gasteiger partial charge on any atom is 0.187 e. The van der Waals surface area contributed by atoms with Crippen LogP contribution in [-0.2, 0) is 28.4 Å². The van der Waals surface area contributed by atoms with Gasteiger partial charge in [-0.05, 0) is 86.9 Å². The molecule has 8 aliphatic rings. The molecule has 53 heavy (non-hydrogen) atoms. The average Bonchev–Trinajstić information content (AvgIpc) is 3.58. The van der Waals surface area contributed by atoms with Crippen molar-refractivity contribution in [2.75, 3.05) is 13.2 Å². The molecule has 302 valence electrons. The molecule has 23 atom stereocenters. The fourth-order valence-electron chi connectivity index (χ4n) is 13.0. The van der Waals surface area contributed by atoms with Crippen LogP contribution in [0.2, 0.25) is 0 Å². The summed E-state index contributed by atoms with van der Waals surface area (Å²) in [4.78, 5) is 0. The van der Waals surface area contributed by atoms with Gasteiger partial charge >= 0.3 is 0 Å². The average molecular weight is 755 g/mol. The lowest BCUT2D eigenvalue weighted by atomic mass is 9.43. The molecule has 0 amide bonds. The molecule has 1 spiro atoms. The maximum atomic E-state index is 12.1. The van der Waals surface area contributed by atoms with Crippen molar-refractivity contribution >= 4 is 0 Å². The lowest BCUT2D eigenvalue weighted by Gasteiger charge is -2.63. The van der Waals surface area contributed by atoms with Crippen molar-refractivity contribution in [3.8, 4) is 0 Å². The number of ether oxygens (including phenoxy) is 6. The molecule has 4 aliphatic heterocycles. The number of aliphatic hydroxyl groups is 8. The van der Waals surface area contributed by atoms with Gasteiger partial charge in [-0.25, -0.2) is 0 Å². The highest BCUT2D eigenvalue weighted by molar-refractivity contribution is 5.18. The third-order valence-electron chi connectivity index (χ3n) is 16.1. The molecule has 4 saturated carbocycles. The van der Waals surface area contributed by atoms with Crippen LogP contribution in [0.5, 0.6) is 0 Å². The molecule has 4 saturated heterocycles. The molecular weight excluding hydrogens is 692 g/mol. The molecular formula is C39H62O14. The van der Waals surface area contributed by atoms with Gasteiger partial charge in [0.05, 0.1) is 37.6 Å². The summed E-state index contributed by atoms with van der Waals surface area (Å²) >= 11 is 0. The van der Waals surface area contributed by atoms with E-state index in [1.54, 1.807) is 0 Å². The normalized spacial score (nSPS) is 59.6. The zero-order valence-corrected chi connectivity index (χ0v) is 31.4. The Labute approximate surface area is 311 Å². The molecule has 0 bridgehead atoms. The standard InChI is InChI=1S/C39H62O14/c1-16-8-11-39(48-15-16)17(2)26-23(53-39)13-22-20-7-6-19-12-24(29(43)34(47)38(19,5)21(20)9-10-37(22,26)4)50-36-33(31(45)28(42)25(14-40)51-36)52-35-32(46)30(44)27(41)18(3)49-35/h17-36,40-47H,1,6-15H2,2-5H3. The van der Waals surface area contributed by atoms with Gasteiger partial charge in [0.1, 0.15) is 48.8 Å². The van der Waals surface area contributed by atoms with Crippen LogP contribution < -0.4 is 0 Å². The summed E-state index contributed by atoms with van der Waals surface area (Å²) in [7, 11) is 0. The van der Waals surface area contributed by atoms with E-state index in [0.717, 1.165) is 50.5 Å². The zero-order valence-electron chi connectivity index (χ0n) is 31.4. The van der Waals surface area contributed by atoms with Crippen molar-refractivity contribution in [3.05, 3.63) is 12.2 Å². The van der Waals surface area contributed by atoms with E-state index in [1.165, 1.54) is 6.92 Å². The lowest BCUT2D eigenvalue weighted by molar-refractivity contribution is -0.376. The quantitative estimate of drug-likeness (QED) is 0.140. The van der Waals surface area contributed by atoms with Crippen LogP contribution in [0.25, 0.3) is 0 Å². The lowest BCUT2D eigenvalue weighted by Crippen LogP contribution is -2.67. The topological polar surface area (TPSA) is 217 Å². The van der Waals surface area contributed by atoms with Crippen LogP contribution in [0.15, 0.2) is 12.2 Å². The van der Waals surface area contributed by atoms with Crippen molar-refractivity contribution in [1.82, 2.24) is 0 Å². The first-order chi connectivity index (χ1) is 25.1. The minimum absolute atomic E-state index is 0.00712. The SMILES string of the molecule is C=C1CCC2(OC1)OC1CC3C4CCC5CC(OC6OC(CO)C(O)C(O)C6OC6OC(C)C(O)C(O)C6O)C(O)C(O)C5(C)C4CCC3(C)C1C2C. The largest absolute Gasteiger partial charge is 0.394 e. The van der Waals surface area contributed by atoms with Gasteiger partial charge in [-0.15, -0.1) is 0 Å². The van der Waals surface area contributed by atoms with Gasteiger partial charge in [0.25, 0.3) is 0 Å². The fourth-order valence-corrected chi connectivity index (χ4v) is 13.0. The highest BCUT2D eigenvalue weighted by Gasteiger charge is 2.70. The van der Waals surface area contributed by atoms with Crippen molar-refractivity contribution < 1.29 is 69.3 Å². The summed E-state index contributed by atoms with van der Waals surface area (Å²) < 4.78 is 37.0. The van der Waals surface area contributed by atoms with Gasteiger partial charge in [0, 0.05) is 17.8 Å². The second-order valence-electron chi connectivity index (χ2n) is 18.5. The Kier molecular flexibility index (Phi) is 10.3. The molecule has 8 rings (SSSR count). The summed E-state index contributed by atoms with van der Waals surface area (Å²) in [6, 6.07) is 0. The monoisotopic (exact) mass is 754 g/mol. The number of fused-ring (bicyclic) bond motifs is 7. The van der Waals surface area contributed by atoms with Gasteiger partial charge in [-0.1, -0.05) is 32.9 Å². The van der Waals surface area contributed by atoms with E-state index in [-0.39, 0.29) is 29.3 Å². The summed E-state index contributed by atoms with van der Waals surface area (Å²) in [6.07, 6.45) is -11.0. The molecule has 14 heteroatoms. The van der Waals surface area contributed by atoms with Crippen LogP contribution in [0, 0.1) is 46.3 Å². The Bertz CT molecular complexity index is 1350. The predicted octanol–water partition coefficient (Wildman–Crippen LogP) is 0.332. The number of aliphatic hydroxyl groups excluding tert-OH is 8. The minimum atomic E-state index is -1.70. The van der Waals surface area contributed by atoms with Gasteiger partial charge < -0.3 is 69.3 Å². The van der Waals surface area contributed by atoms with Crippen LogP contribution in [-0.4, -0.2) is 146 Å². The highest BCUT2D eigenvalue weighted by Crippen LogP contribution is 2.71. The van der Waals surface area contributed by atoms with E-state index in [9.17, 15) is 40.9 Å². The molecule has 4 heterocycles. The Morgan fingerprint density at radius 2 is 1.55 bits per heavy atom. The van der Waals surface area contributed by atoms with E-state index in [0.29, 0.717) is 30.8 Å². The smallest absolute Gasteiger partial charge is 0.187 e. The Balaban J connectivity index is 0.985. The second kappa shape index (κ2) is 13.9. The first-order valence-electron chi connectivity index (χ1n) is 20.0. The van der Waals surface area contributed by atoms with E-state index in [2.05, 4.69) is 27.4 Å². The summed E-state index contributed by atoms with van der Waals surface area (Å²) in [5.41, 5.74) is 0.625. The Hall–Kier alpha value is -0.820. The third-order valence-corrected chi connectivity index (χ3v) is 16.1. The van der Waals surface area contributed by atoms with Gasteiger partial charge in [0.2, 0.25) is 0 Å². The molecule has 0 aromatic carbocycles. The van der Waals surface area contributed by atoms with E-state index in [1.807, 2.05) is 0 Å². The first kappa shape index (κ1) is 39.0. The Morgan fingerprint density at radius 1 is 0.792 bits per heavy atom. The van der Waals surface area contributed by atoms with Crippen LogP contribution >= 0.6 is 0 Å². The van der Waals surface area contributed by atoms with Gasteiger partial charge in [0.15, 0.2) is 18.4 Å². The Morgan fingerprint density at radius 3 is 2.25 bits per heavy atom. The number of hydrogen-bond donors (Lipinski definition) is 8. The van der Waals surface area contributed by atoms with Crippen molar-refractivity contribution in [2.45, 2.75) is 171 Å². The molecule has 0 radical (unpaired) electrons. The van der Waals surface area contributed by atoms with Gasteiger partial charge in [-0.3, -0.25) is 0 Å². The maximum absolute atomic E-state index is 12.1. The fraction of sp³-hybridized carbons (Fsp3) is 0.949. The summed E-state index contributed by atoms with van der Waals surface area (Å²) in [5.74, 6) is 1.13. The summed E-state index contributed by atoms with van der Waals surface area (Å²) in [6.45, 7) is 12.4. The zero-order chi connectivity index (χ0) is 37.9. The van der Waals surface area contributed by atoms with Crippen molar-refractivity contribution in [3.63, 3.8) is 0 Å². The van der Waals surface area contributed by atoms with E-state index in [4.69, 9.17) is 28.4 Å². The van der Waals surface area contributed by atoms with E-state index < -0.39 is 97.5 Å². The molecule has 0 aromatic rings. The number of hydrogen-bond acceptors (Lipinski definition) is 14. The van der Waals surface area contributed by atoms with Crippen LogP contribution in [0.4, 0.5) is 0 Å². The first-order valence-corrected chi connectivity index (χ1v) is 20.0. The van der Waals surface area contributed by atoms with Crippen molar-refractivity contribution in [1.29, 1.82) is 0 Å². The number of rotatable bonds is 5. The summed E-state index contributed by atoms with van der Waals surface area (Å²) in [5, 5.41) is 86.9. The predicted molar refractivity (Wildman–Crippen MR) is 184 cm³/mol. The van der Waals surface area contributed by atoms with Crippen molar-refractivity contribution in [2.24, 2.45) is 46.3 Å². The minimum Gasteiger partial charge on any atom is -0.394 e. The molecule has 0 aromatic heterocycles. The second-order valence-corrected chi connectivity index (χ2v) is 18.5. The van der Waals surface area contributed by atoms with Gasteiger partial charge in [-0.2, -0.15) is 0 Å².